The Morgan fingerprint density at radius 2 is 0.609 bits per heavy atom. The zero-order valence-corrected chi connectivity index (χ0v) is 32.1. The Morgan fingerprint density at radius 1 is 0.457 bits per heavy atom. The molecule has 0 unspecified atom stereocenters. The average Bonchev–Trinajstić information content (AvgIpc) is 2.82. The molecule has 2 aromatic rings. The van der Waals surface area contributed by atoms with Crippen LogP contribution >= 0.6 is 0 Å². The normalized spacial score (nSPS) is 10.1. The summed E-state index contributed by atoms with van der Waals surface area (Å²) in [6, 6.07) is 8.01. The van der Waals surface area contributed by atoms with Crippen LogP contribution in [0, 0.1) is 49.4 Å². The van der Waals surface area contributed by atoms with Crippen LogP contribution in [0.15, 0.2) is 36.7 Å². The maximum atomic E-state index is 9.91. The van der Waals surface area contributed by atoms with E-state index in [9.17, 15) is 39.6 Å². The van der Waals surface area contributed by atoms with Gasteiger partial charge in [-0.05, 0) is 51.0 Å². The molecule has 0 amide bonds. The van der Waals surface area contributed by atoms with Crippen LogP contribution in [0.4, 0.5) is 0 Å². The number of nitrogens with zero attached hydrogens (tertiary/aromatic N) is 2. The summed E-state index contributed by atoms with van der Waals surface area (Å²) in [4.78, 5) is 47.8. The van der Waals surface area contributed by atoms with Gasteiger partial charge in [0.2, 0.25) is 0 Å². The van der Waals surface area contributed by atoms with Crippen molar-refractivity contribution in [2.75, 3.05) is 0 Å². The first-order chi connectivity index (χ1) is 19.4. The van der Waals surface area contributed by atoms with Gasteiger partial charge in [-0.1, -0.05) is 95.2 Å². The van der Waals surface area contributed by atoms with Gasteiger partial charge in [-0.3, -0.25) is 9.97 Å². The van der Waals surface area contributed by atoms with Crippen molar-refractivity contribution in [2.24, 2.45) is 21.7 Å². The predicted octanol–water partition coefficient (Wildman–Crippen LogP) is 2.52. The molecule has 0 saturated heterocycles. The summed E-state index contributed by atoms with van der Waals surface area (Å²) in [5.41, 5.74) is 1.97. The molecule has 10 nitrogen and oxygen atoms in total. The first-order valence-corrected chi connectivity index (χ1v) is 14.0. The molecule has 0 N–H and O–H groups in total. The van der Waals surface area contributed by atoms with Crippen molar-refractivity contribution >= 4 is 23.9 Å². The smallest absolute Gasteiger partial charge is 0.550 e. The summed E-state index contributed by atoms with van der Waals surface area (Å²) in [5, 5.41) is 39.6. The summed E-state index contributed by atoms with van der Waals surface area (Å²) in [7, 11) is 0. The minimum absolute atomic E-state index is 0. The maximum Gasteiger partial charge on any atom is 2.00 e. The number of carbonyl (C=O) groups is 4. The Bertz CT molecular complexity index is 978. The van der Waals surface area contributed by atoms with Gasteiger partial charge in [-0.2, -0.15) is 0 Å². The first-order valence-electron chi connectivity index (χ1n) is 14.0. The number of hydrogen-bond acceptors (Lipinski definition) is 10. The Morgan fingerprint density at radius 3 is 0.674 bits per heavy atom. The summed E-state index contributed by atoms with van der Waals surface area (Å²) in [6.07, 6.45) is 3.62. The van der Waals surface area contributed by atoms with E-state index in [4.69, 9.17) is 0 Å². The van der Waals surface area contributed by atoms with E-state index in [0.29, 0.717) is 0 Å². The molecular weight excluding hydrogens is 691 g/mol. The Hall–Kier alpha value is -2.78. The number of rotatable bonds is 0. The number of carboxylic acid groups (broad SMARTS) is 4. The number of carbonyl (C=O) groups excluding carboxylic acids is 4. The zero-order chi connectivity index (χ0) is 36.3. The summed E-state index contributed by atoms with van der Waals surface area (Å²) in [6.45, 7) is 27.3. The fraction of sp³-hybridized carbons (Fsp3) is 0.588. The van der Waals surface area contributed by atoms with Crippen LogP contribution in [0.5, 0.6) is 0 Å². The van der Waals surface area contributed by atoms with Gasteiger partial charge in [0.25, 0.3) is 0 Å². The third-order valence-corrected chi connectivity index (χ3v) is 4.99. The zero-order valence-electron chi connectivity index (χ0n) is 30.2. The molecule has 2 radical (unpaired) electrons. The minimum Gasteiger partial charge on any atom is -0.550 e. The van der Waals surface area contributed by atoms with Crippen LogP contribution in [-0.2, 0) is 53.3 Å². The minimum atomic E-state index is -1.01. The van der Waals surface area contributed by atoms with Gasteiger partial charge in [0, 0.05) is 69.3 Å². The molecule has 0 saturated carbocycles. The average molecular weight is 746 g/mol. The second-order valence-electron chi connectivity index (χ2n) is 14.0. The molecule has 12 heteroatoms. The van der Waals surface area contributed by atoms with Crippen LogP contribution in [0.25, 0.3) is 0 Å². The van der Waals surface area contributed by atoms with Crippen LogP contribution in [-0.4, -0.2) is 33.8 Å². The van der Waals surface area contributed by atoms with Gasteiger partial charge < -0.3 is 39.6 Å². The van der Waals surface area contributed by atoms with Crippen molar-refractivity contribution in [3.63, 3.8) is 0 Å². The van der Waals surface area contributed by atoms with Crippen molar-refractivity contribution in [2.45, 2.75) is 111 Å². The number of hydrogen-bond donors (Lipinski definition) is 0. The molecule has 270 valence electrons. The number of carboxylic acids is 4. The van der Waals surface area contributed by atoms with Gasteiger partial charge in [0.15, 0.2) is 0 Å². The number of aryl methyl sites for hydroxylation is 4. The van der Waals surface area contributed by atoms with Crippen molar-refractivity contribution in [1.82, 2.24) is 9.97 Å². The largest absolute Gasteiger partial charge is 2.00 e. The maximum absolute atomic E-state index is 9.91. The van der Waals surface area contributed by atoms with Crippen molar-refractivity contribution in [3.8, 4) is 0 Å². The van der Waals surface area contributed by atoms with E-state index in [0.717, 1.165) is 11.4 Å². The standard InChI is InChI=1S/2C7H9N.4C5H10O2.2Cu/c2*1-6-4-3-5-8-7(6)2;4*1-5(2,3)4(6)7;;/h2*3-5H,1-2H3;4*1-3H3,(H,6,7);;/q;;;;;;2*+2/p-4. The first kappa shape index (κ1) is 55.6. The second-order valence-corrected chi connectivity index (χ2v) is 14.0. The molecule has 0 bridgehead atoms. The number of pyridine rings is 2. The van der Waals surface area contributed by atoms with Crippen LogP contribution < -0.4 is 20.4 Å². The molecule has 0 fully saturated rings. The fourth-order valence-corrected chi connectivity index (χ4v) is 1.13. The van der Waals surface area contributed by atoms with Crippen molar-refractivity contribution in [1.29, 1.82) is 0 Å². The van der Waals surface area contributed by atoms with E-state index < -0.39 is 45.5 Å². The van der Waals surface area contributed by atoms with Crippen LogP contribution in [0.3, 0.4) is 0 Å². The molecule has 46 heavy (non-hydrogen) atoms. The number of aliphatic carboxylic acids is 4. The van der Waals surface area contributed by atoms with Crippen molar-refractivity contribution < 1.29 is 73.7 Å². The summed E-state index contributed by atoms with van der Waals surface area (Å²) >= 11 is 0. The Labute approximate surface area is 298 Å². The molecule has 0 aromatic carbocycles. The topological polar surface area (TPSA) is 186 Å². The molecular formula is C34H54Cu2N2O8. The molecule has 0 aliphatic heterocycles. The quantitative estimate of drug-likeness (QED) is 0.363. The summed E-state index contributed by atoms with van der Waals surface area (Å²) < 4.78 is 0. The molecule has 2 heterocycles. The SMILES string of the molecule is CC(C)(C)C(=O)[O-].CC(C)(C)C(=O)[O-].CC(C)(C)C(=O)[O-].CC(C)(C)C(=O)[O-].Cc1cccnc1C.Cc1cccnc1C.[Cu+2].[Cu+2]. The number of aromatic nitrogens is 2. The van der Waals surface area contributed by atoms with Gasteiger partial charge in [-0.25, -0.2) is 0 Å². The van der Waals surface area contributed by atoms with Crippen LogP contribution in [0.2, 0.25) is 0 Å². The van der Waals surface area contributed by atoms with E-state index >= 15 is 0 Å². The molecule has 2 aromatic heterocycles. The van der Waals surface area contributed by atoms with Gasteiger partial charge >= 0.3 is 34.1 Å². The summed E-state index contributed by atoms with van der Waals surface area (Å²) in [5.74, 6) is -4.03. The van der Waals surface area contributed by atoms with Gasteiger partial charge in [0.1, 0.15) is 0 Å². The third-order valence-electron chi connectivity index (χ3n) is 4.99. The molecule has 2 rings (SSSR count). The molecule has 0 aliphatic rings. The van der Waals surface area contributed by atoms with Gasteiger partial charge in [-0.15, -0.1) is 0 Å². The third kappa shape index (κ3) is 35.7. The predicted molar refractivity (Wildman–Crippen MR) is 165 cm³/mol. The van der Waals surface area contributed by atoms with E-state index in [2.05, 4.69) is 35.9 Å². The molecule has 0 aliphatic carbocycles. The van der Waals surface area contributed by atoms with Crippen LogP contribution in [0.1, 0.15) is 106 Å². The Kier molecular flexibility index (Phi) is 30.6. The monoisotopic (exact) mass is 744 g/mol. The van der Waals surface area contributed by atoms with Gasteiger partial charge in [0.05, 0.1) is 0 Å². The molecule has 0 spiro atoms. The Balaban J connectivity index is -0.000000104. The molecule has 0 atom stereocenters. The van der Waals surface area contributed by atoms with E-state index in [1.54, 1.807) is 83.1 Å². The fourth-order valence-electron chi connectivity index (χ4n) is 1.13. The van der Waals surface area contributed by atoms with E-state index in [1.807, 2.05) is 38.4 Å². The van der Waals surface area contributed by atoms with E-state index in [1.165, 1.54) is 11.1 Å². The van der Waals surface area contributed by atoms with Crippen molar-refractivity contribution in [3.05, 3.63) is 59.2 Å². The second kappa shape index (κ2) is 25.3. The van der Waals surface area contributed by atoms with E-state index in [-0.39, 0.29) is 34.1 Å².